The molecule has 32 heavy (non-hydrogen) atoms. The van der Waals surface area contributed by atoms with Gasteiger partial charge >= 0.3 is 0 Å². The number of hydrogen-bond donors (Lipinski definition) is 2. The van der Waals surface area contributed by atoms with Crippen molar-refractivity contribution in [3.63, 3.8) is 0 Å². The molecule has 0 spiro atoms. The minimum absolute atomic E-state index is 0.193. The number of sulfonamides is 1. The van der Waals surface area contributed by atoms with Crippen LogP contribution >= 0.6 is 0 Å². The molecule has 2 aromatic carbocycles. The molecule has 3 rings (SSSR count). The molecule has 1 aliphatic rings. The van der Waals surface area contributed by atoms with Crippen LogP contribution in [0.25, 0.3) is 0 Å². The Morgan fingerprint density at radius 3 is 2.47 bits per heavy atom. The highest BCUT2D eigenvalue weighted by molar-refractivity contribution is 7.89. The van der Waals surface area contributed by atoms with E-state index in [0.717, 1.165) is 50.6 Å². The number of methoxy groups -OCH3 is 1. The van der Waals surface area contributed by atoms with Gasteiger partial charge in [-0.3, -0.25) is 9.69 Å². The van der Waals surface area contributed by atoms with Crippen LogP contribution in [0, 0.1) is 6.92 Å². The first-order valence-electron chi connectivity index (χ1n) is 10.8. The van der Waals surface area contributed by atoms with Gasteiger partial charge in [0.15, 0.2) is 0 Å². The third-order valence-electron chi connectivity index (χ3n) is 5.53. The molecule has 1 saturated heterocycles. The lowest BCUT2D eigenvalue weighted by molar-refractivity contribution is -0.114. The Morgan fingerprint density at radius 2 is 1.81 bits per heavy atom. The Kier molecular flexibility index (Phi) is 8.11. The number of amides is 1. The lowest BCUT2D eigenvalue weighted by Crippen LogP contribution is -2.47. The average Bonchev–Trinajstić information content (AvgIpc) is 2.76. The van der Waals surface area contributed by atoms with Crippen molar-refractivity contribution in [1.82, 2.24) is 9.62 Å². The number of rotatable bonds is 9. The Balaban J connectivity index is 1.45. The molecular weight excluding hydrogens is 428 g/mol. The third kappa shape index (κ3) is 6.21. The van der Waals surface area contributed by atoms with Gasteiger partial charge < -0.3 is 15.0 Å². The molecule has 1 amide bonds. The smallest absolute Gasteiger partial charge is 0.240 e. The molecule has 8 nitrogen and oxygen atoms in total. The van der Waals surface area contributed by atoms with E-state index >= 15 is 0 Å². The molecule has 1 aliphatic heterocycles. The van der Waals surface area contributed by atoms with E-state index in [-0.39, 0.29) is 10.8 Å². The number of hydrogen-bond acceptors (Lipinski definition) is 6. The second kappa shape index (κ2) is 10.8. The summed E-state index contributed by atoms with van der Waals surface area (Å²) in [7, 11) is -1.91. The van der Waals surface area contributed by atoms with Gasteiger partial charge in [0.1, 0.15) is 5.75 Å². The first-order chi connectivity index (χ1) is 15.3. The molecule has 0 bridgehead atoms. The quantitative estimate of drug-likeness (QED) is 0.559. The molecule has 0 aliphatic carbocycles. The molecule has 0 unspecified atom stereocenters. The van der Waals surface area contributed by atoms with Gasteiger partial charge in [-0.25, -0.2) is 13.1 Å². The summed E-state index contributed by atoms with van der Waals surface area (Å²) in [6, 6.07) is 12.8. The van der Waals surface area contributed by atoms with E-state index in [9.17, 15) is 13.2 Å². The fraction of sp³-hybridized carbons (Fsp3) is 0.435. The number of carbonyl (C=O) groups is 1. The molecular formula is C23H32N4O4S. The normalized spacial score (nSPS) is 14.9. The number of para-hydroxylation sites is 2. The van der Waals surface area contributed by atoms with Crippen molar-refractivity contribution >= 4 is 27.3 Å². The Labute approximate surface area is 190 Å². The van der Waals surface area contributed by atoms with Crippen LogP contribution in [0.1, 0.15) is 18.9 Å². The van der Waals surface area contributed by atoms with E-state index in [1.807, 2.05) is 18.2 Å². The van der Waals surface area contributed by atoms with Crippen molar-refractivity contribution in [3.05, 3.63) is 48.0 Å². The largest absolute Gasteiger partial charge is 0.495 e. The monoisotopic (exact) mass is 460 g/mol. The number of carbonyl (C=O) groups excluding carboxylic acids is 1. The van der Waals surface area contributed by atoms with Gasteiger partial charge in [-0.2, -0.15) is 0 Å². The highest BCUT2D eigenvalue weighted by Gasteiger charge is 2.20. The van der Waals surface area contributed by atoms with Gasteiger partial charge in [-0.15, -0.1) is 0 Å². The van der Waals surface area contributed by atoms with Crippen LogP contribution in [-0.4, -0.2) is 65.6 Å². The van der Waals surface area contributed by atoms with Crippen LogP contribution in [0.4, 0.5) is 11.4 Å². The van der Waals surface area contributed by atoms with Crippen LogP contribution < -0.4 is 19.7 Å². The van der Waals surface area contributed by atoms with Gasteiger partial charge in [0.2, 0.25) is 15.9 Å². The summed E-state index contributed by atoms with van der Waals surface area (Å²) < 4.78 is 33.5. The Hall–Kier alpha value is -2.62. The van der Waals surface area contributed by atoms with Crippen molar-refractivity contribution in [2.24, 2.45) is 0 Å². The molecule has 2 N–H and O–H groups in total. The summed E-state index contributed by atoms with van der Waals surface area (Å²) in [4.78, 5) is 16.1. The lowest BCUT2D eigenvalue weighted by Gasteiger charge is -2.36. The molecule has 0 atom stereocenters. The van der Waals surface area contributed by atoms with Crippen LogP contribution in [0.3, 0.4) is 0 Å². The van der Waals surface area contributed by atoms with Crippen molar-refractivity contribution in [2.75, 3.05) is 56.6 Å². The lowest BCUT2D eigenvalue weighted by atomic mass is 10.2. The summed E-state index contributed by atoms with van der Waals surface area (Å²) in [5.41, 5.74) is 2.29. The standard InChI is InChI=1S/C23H32N4O4S/c1-18-17-20(25-19(2)28)9-10-23(18)32(29,30)24-11-6-12-26-13-15-27(16-14-26)21-7-4-5-8-22(21)31-3/h4-5,7-10,17,24H,6,11-16H2,1-3H3,(H,25,28). The Morgan fingerprint density at radius 1 is 1.09 bits per heavy atom. The predicted molar refractivity (Wildman–Crippen MR) is 127 cm³/mol. The molecule has 0 radical (unpaired) electrons. The van der Waals surface area contributed by atoms with Crippen LogP contribution in [0.5, 0.6) is 5.75 Å². The van der Waals surface area contributed by atoms with Crippen molar-refractivity contribution < 1.29 is 17.9 Å². The van der Waals surface area contributed by atoms with E-state index in [0.29, 0.717) is 17.8 Å². The Bertz CT molecular complexity index is 1030. The van der Waals surface area contributed by atoms with Crippen molar-refractivity contribution in [1.29, 1.82) is 0 Å². The van der Waals surface area contributed by atoms with Gasteiger partial charge in [0, 0.05) is 45.3 Å². The maximum absolute atomic E-state index is 12.7. The zero-order valence-electron chi connectivity index (χ0n) is 18.9. The number of piperazine rings is 1. The maximum Gasteiger partial charge on any atom is 0.240 e. The molecule has 0 saturated carbocycles. The number of nitrogens with zero attached hydrogens (tertiary/aromatic N) is 2. The van der Waals surface area contributed by atoms with E-state index < -0.39 is 10.0 Å². The van der Waals surface area contributed by atoms with E-state index in [4.69, 9.17) is 4.74 Å². The summed E-state index contributed by atoms with van der Waals surface area (Å²) in [5.74, 6) is 0.692. The van der Waals surface area contributed by atoms with Crippen molar-refractivity contribution in [3.8, 4) is 5.75 Å². The van der Waals surface area contributed by atoms with Crippen LogP contribution in [0.15, 0.2) is 47.4 Å². The van der Waals surface area contributed by atoms with Crippen molar-refractivity contribution in [2.45, 2.75) is 25.2 Å². The molecule has 0 aromatic heterocycles. The zero-order valence-corrected chi connectivity index (χ0v) is 19.7. The number of aryl methyl sites for hydroxylation is 1. The number of anilines is 2. The number of ether oxygens (including phenoxy) is 1. The first kappa shape index (κ1) is 24.0. The maximum atomic E-state index is 12.7. The average molecular weight is 461 g/mol. The van der Waals surface area contributed by atoms with Gasteiger partial charge in [0.05, 0.1) is 17.7 Å². The summed E-state index contributed by atoms with van der Waals surface area (Å²) in [6.45, 7) is 8.02. The minimum atomic E-state index is -3.59. The molecule has 174 valence electrons. The molecule has 1 fully saturated rings. The number of nitrogens with one attached hydrogen (secondary N) is 2. The summed E-state index contributed by atoms with van der Waals surface area (Å²) in [5, 5.41) is 2.66. The fourth-order valence-corrected chi connectivity index (χ4v) is 5.22. The topological polar surface area (TPSA) is 91.0 Å². The highest BCUT2D eigenvalue weighted by atomic mass is 32.2. The van der Waals surface area contributed by atoms with Crippen LogP contribution in [-0.2, 0) is 14.8 Å². The van der Waals surface area contributed by atoms with Gasteiger partial charge in [-0.1, -0.05) is 12.1 Å². The second-order valence-electron chi connectivity index (χ2n) is 7.91. The second-order valence-corrected chi connectivity index (χ2v) is 9.65. The molecule has 1 heterocycles. The fourth-order valence-electron chi connectivity index (χ4n) is 3.92. The van der Waals surface area contributed by atoms with E-state index in [1.54, 1.807) is 26.2 Å². The minimum Gasteiger partial charge on any atom is -0.495 e. The highest BCUT2D eigenvalue weighted by Crippen LogP contribution is 2.28. The molecule has 9 heteroatoms. The third-order valence-corrected chi connectivity index (χ3v) is 7.15. The predicted octanol–water partition coefficient (Wildman–Crippen LogP) is 2.45. The van der Waals surface area contributed by atoms with E-state index in [1.165, 1.54) is 13.0 Å². The van der Waals surface area contributed by atoms with E-state index in [2.05, 4.69) is 25.9 Å². The van der Waals surface area contributed by atoms with Gasteiger partial charge in [-0.05, 0) is 55.8 Å². The van der Waals surface area contributed by atoms with Crippen LogP contribution in [0.2, 0.25) is 0 Å². The number of benzene rings is 2. The molecule has 2 aromatic rings. The zero-order chi connectivity index (χ0) is 23.1. The summed E-state index contributed by atoms with van der Waals surface area (Å²) >= 11 is 0. The summed E-state index contributed by atoms with van der Waals surface area (Å²) in [6.07, 6.45) is 0.733. The SMILES string of the molecule is COc1ccccc1N1CCN(CCCNS(=O)(=O)c2ccc(NC(C)=O)cc2C)CC1. The van der Waals surface area contributed by atoms with Gasteiger partial charge in [0.25, 0.3) is 0 Å². The first-order valence-corrected chi connectivity index (χ1v) is 12.3.